The molecule has 3 aromatic carbocycles. The summed E-state index contributed by atoms with van der Waals surface area (Å²) in [4.78, 5) is 12.6. The number of carbonyl (C=O) groups is 1. The van der Waals surface area contributed by atoms with Crippen molar-refractivity contribution in [2.24, 2.45) is 0 Å². The first-order valence-corrected chi connectivity index (χ1v) is 10.6. The van der Waals surface area contributed by atoms with E-state index in [1.807, 2.05) is 0 Å². The number of hydrogen-bond donors (Lipinski definition) is 1. The summed E-state index contributed by atoms with van der Waals surface area (Å²) in [6, 6.07) is 16.1. The molecule has 6 nitrogen and oxygen atoms in total. The first-order chi connectivity index (χ1) is 14.2. The van der Waals surface area contributed by atoms with Crippen molar-refractivity contribution in [3.63, 3.8) is 0 Å². The number of sulfonamides is 1. The Labute approximate surface area is 178 Å². The van der Waals surface area contributed by atoms with Gasteiger partial charge in [-0.05, 0) is 54.6 Å². The molecule has 0 bridgehead atoms. The monoisotopic (exact) mass is 448 g/mol. The van der Waals surface area contributed by atoms with Crippen molar-refractivity contribution in [3.8, 4) is 11.5 Å². The van der Waals surface area contributed by atoms with Gasteiger partial charge >= 0.3 is 0 Å². The van der Waals surface area contributed by atoms with Crippen molar-refractivity contribution in [3.05, 3.63) is 83.1 Å². The summed E-state index contributed by atoms with van der Waals surface area (Å²) in [7, 11) is -0.910. The summed E-state index contributed by atoms with van der Waals surface area (Å²) in [6.07, 6.45) is 0. The van der Waals surface area contributed by atoms with Gasteiger partial charge in [0.1, 0.15) is 17.3 Å². The van der Waals surface area contributed by atoms with E-state index in [9.17, 15) is 17.6 Å². The van der Waals surface area contributed by atoms with Crippen LogP contribution in [0.2, 0.25) is 5.02 Å². The van der Waals surface area contributed by atoms with Crippen molar-refractivity contribution < 1.29 is 22.3 Å². The van der Waals surface area contributed by atoms with Crippen LogP contribution in [0, 0.1) is 5.82 Å². The summed E-state index contributed by atoms with van der Waals surface area (Å²) in [6.45, 7) is 0. The van der Waals surface area contributed by atoms with E-state index in [0.717, 1.165) is 4.31 Å². The highest BCUT2D eigenvalue weighted by molar-refractivity contribution is 7.89. The number of halogens is 2. The lowest BCUT2D eigenvalue weighted by molar-refractivity contribution is 0.102. The highest BCUT2D eigenvalue weighted by Gasteiger charge is 2.21. The molecule has 0 spiro atoms. The van der Waals surface area contributed by atoms with Gasteiger partial charge in [0.25, 0.3) is 5.91 Å². The van der Waals surface area contributed by atoms with Crippen LogP contribution in [0.25, 0.3) is 0 Å². The first-order valence-electron chi connectivity index (χ1n) is 8.74. The molecule has 0 aromatic heterocycles. The van der Waals surface area contributed by atoms with Crippen LogP contribution in [-0.4, -0.2) is 32.7 Å². The normalized spacial score (nSPS) is 11.4. The molecular weight excluding hydrogens is 431 g/mol. The minimum atomic E-state index is -3.71. The van der Waals surface area contributed by atoms with Crippen molar-refractivity contribution >= 4 is 33.2 Å². The van der Waals surface area contributed by atoms with E-state index in [4.69, 9.17) is 16.3 Å². The van der Waals surface area contributed by atoms with E-state index in [1.54, 1.807) is 30.3 Å². The predicted octanol–water partition coefficient (Wildman–Crippen LogP) is 4.77. The molecule has 0 heterocycles. The summed E-state index contributed by atoms with van der Waals surface area (Å²) < 4.78 is 44.4. The highest BCUT2D eigenvalue weighted by atomic mass is 35.5. The van der Waals surface area contributed by atoms with Crippen LogP contribution in [0.5, 0.6) is 11.5 Å². The number of anilines is 1. The summed E-state index contributed by atoms with van der Waals surface area (Å²) >= 11 is 6.10. The van der Waals surface area contributed by atoms with Gasteiger partial charge in [0.15, 0.2) is 0 Å². The molecule has 0 fully saturated rings. The maximum Gasteiger partial charge on any atom is 0.257 e. The average Bonchev–Trinajstić information content (AvgIpc) is 2.69. The summed E-state index contributed by atoms with van der Waals surface area (Å²) in [5.74, 6) is -0.172. The van der Waals surface area contributed by atoms with Gasteiger partial charge < -0.3 is 10.1 Å². The second-order valence-electron chi connectivity index (χ2n) is 6.47. The highest BCUT2D eigenvalue weighted by Crippen LogP contribution is 2.26. The first kappa shape index (κ1) is 21.8. The molecule has 0 atom stereocenters. The van der Waals surface area contributed by atoms with Crippen LogP contribution in [0.1, 0.15) is 10.4 Å². The maximum atomic E-state index is 13.2. The average molecular weight is 449 g/mol. The van der Waals surface area contributed by atoms with E-state index in [1.165, 1.54) is 50.5 Å². The molecule has 0 radical (unpaired) electrons. The van der Waals surface area contributed by atoms with Crippen LogP contribution in [-0.2, 0) is 10.0 Å². The fraction of sp³-hybridized carbons (Fsp3) is 0.0952. The lowest BCUT2D eigenvalue weighted by Crippen LogP contribution is -2.23. The van der Waals surface area contributed by atoms with Crippen LogP contribution in [0.15, 0.2) is 71.6 Å². The van der Waals surface area contributed by atoms with E-state index in [2.05, 4.69) is 5.32 Å². The number of hydrogen-bond acceptors (Lipinski definition) is 4. The molecular formula is C21H18ClFN2O4S. The molecule has 3 rings (SSSR count). The number of amides is 1. The van der Waals surface area contributed by atoms with Gasteiger partial charge in [0, 0.05) is 25.8 Å². The van der Waals surface area contributed by atoms with Crippen LogP contribution in [0.3, 0.4) is 0 Å². The van der Waals surface area contributed by atoms with Crippen molar-refractivity contribution in [1.29, 1.82) is 0 Å². The third kappa shape index (κ3) is 4.96. The van der Waals surface area contributed by atoms with Gasteiger partial charge in [-0.1, -0.05) is 17.7 Å². The van der Waals surface area contributed by atoms with Gasteiger partial charge in [0.05, 0.1) is 15.5 Å². The van der Waals surface area contributed by atoms with Crippen LogP contribution >= 0.6 is 11.6 Å². The zero-order valence-corrected chi connectivity index (χ0v) is 17.7. The number of rotatable bonds is 6. The third-order valence-electron chi connectivity index (χ3n) is 4.10. The van der Waals surface area contributed by atoms with Crippen molar-refractivity contribution in [1.82, 2.24) is 4.31 Å². The fourth-order valence-electron chi connectivity index (χ4n) is 2.52. The zero-order valence-electron chi connectivity index (χ0n) is 16.1. The molecule has 0 aliphatic heterocycles. The van der Waals surface area contributed by atoms with E-state index in [0.29, 0.717) is 17.2 Å². The van der Waals surface area contributed by atoms with E-state index >= 15 is 0 Å². The molecule has 0 saturated heterocycles. The third-order valence-corrected chi connectivity index (χ3v) is 6.25. The van der Waals surface area contributed by atoms with Crippen LogP contribution in [0.4, 0.5) is 10.1 Å². The molecule has 0 aliphatic carbocycles. The number of ether oxygens (including phenoxy) is 1. The number of nitrogens with zero attached hydrogens (tertiary/aromatic N) is 1. The second kappa shape index (κ2) is 8.83. The molecule has 9 heteroatoms. The number of benzene rings is 3. The molecule has 1 N–H and O–H groups in total. The molecule has 156 valence electrons. The van der Waals surface area contributed by atoms with Gasteiger partial charge in [0.2, 0.25) is 10.0 Å². The van der Waals surface area contributed by atoms with Crippen molar-refractivity contribution in [2.75, 3.05) is 19.4 Å². The SMILES string of the molecule is CN(C)S(=O)(=O)c1ccc(Cl)c(C(=O)Nc2ccc(Oc3cccc(F)c3)cc2)c1. The smallest absolute Gasteiger partial charge is 0.257 e. The standard InChI is InChI=1S/C21H18ClFN2O4S/c1-25(2)30(27,28)18-10-11-20(22)19(13-18)21(26)24-15-6-8-16(9-7-15)29-17-5-3-4-14(23)12-17/h3-13H,1-2H3,(H,24,26). The predicted molar refractivity (Wildman–Crippen MR) is 113 cm³/mol. The van der Waals surface area contributed by atoms with Gasteiger partial charge in [-0.3, -0.25) is 4.79 Å². The van der Waals surface area contributed by atoms with Gasteiger partial charge in [-0.15, -0.1) is 0 Å². The molecule has 0 saturated carbocycles. The number of carbonyl (C=O) groups excluding carboxylic acids is 1. The Balaban J connectivity index is 1.76. The quantitative estimate of drug-likeness (QED) is 0.589. The molecule has 1 amide bonds. The Kier molecular flexibility index (Phi) is 6.40. The van der Waals surface area contributed by atoms with Gasteiger partial charge in [-0.25, -0.2) is 17.1 Å². The minimum Gasteiger partial charge on any atom is -0.457 e. The van der Waals surface area contributed by atoms with E-state index < -0.39 is 21.7 Å². The molecule has 30 heavy (non-hydrogen) atoms. The Hall–Kier alpha value is -2.94. The Morgan fingerprint density at radius 1 is 1.00 bits per heavy atom. The number of nitrogens with one attached hydrogen (secondary N) is 1. The topological polar surface area (TPSA) is 75.7 Å². The Morgan fingerprint density at radius 3 is 2.33 bits per heavy atom. The lowest BCUT2D eigenvalue weighted by atomic mass is 10.2. The van der Waals surface area contributed by atoms with Crippen molar-refractivity contribution in [2.45, 2.75) is 4.90 Å². The second-order valence-corrected chi connectivity index (χ2v) is 9.03. The van der Waals surface area contributed by atoms with E-state index in [-0.39, 0.29) is 15.5 Å². The molecule has 0 unspecified atom stereocenters. The van der Waals surface area contributed by atoms with Crippen LogP contribution < -0.4 is 10.1 Å². The summed E-state index contributed by atoms with van der Waals surface area (Å²) in [5, 5.41) is 2.78. The minimum absolute atomic E-state index is 0.0275. The van der Waals surface area contributed by atoms with Gasteiger partial charge in [-0.2, -0.15) is 0 Å². The zero-order chi connectivity index (χ0) is 21.9. The Bertz CT molecular complexity index is 1180. The molecule has 3 aromatic rings. The Morgan fingerprint density at radius 2 is 1.70 bits per heavy atom. The summed E-state index contributed by atoms with van der Waals surface area (Å²) in [5.41, 5.74) is 0.475. The lowest BCUT2D eigenvalue weighted by Gasteiger charge is -2.13. The fourth-order valence-corrected chi connectivity index (χ4v) is 3.65. The maximum absolute atomic E-state index is 13.2. The largest absolute Gasteiger partial charge is 0.457 e. The molecule has 0 aliphatic rings.